The lowest BCUT2D eigenvalue weighted by Gasteiger charge is -2.41. The van der Waals surface area contributed by atoms with Crippen molar-refractivity contribution in [3.05, 3.63) is 118 Å². The van der Waals surface area contributed by atoms with Gasteiger partial charge in [0.05, 0.1) is 0 Å². The van der Waals surface area contributed by atoms with Crippen molar-refractivity contribution in [2.45, 2.75) is 37.8 Å². The molecule has 1 saturated heterocycles. The van der Waals surface area contributed by atoms with E-state index in [0.29, 0.717) is 29.4 Å². The topological polar surface area (TPSA) is 32.3 Å². The monoisotopic (exact) mass is 516 g/mol. The highest BCUT2D eigenvalue weighted by atomic mass is 35.5. The molecule has 0 bridgehead atoms. The average Bonchev–Trinajstić information content (AvgIpc) is 2.89. The van der Waals surface area contributed by atoms with Crippen molar-refractivity contribution in [1.82, 2.24) is 10.2 Å². The van der Waals surface area contributed by atoms with Crippen LogP contribution in [0.15, 0.2) is 91.0 Å². The number of carbonyl (C=O) groups is 1. The van der Waals surface area contributed by atoms with E-state index in [9.17, 15) is 4.79 Å². The van der Waals surface area contributed by atoms with Crippen LogP contribution in [-0.2, 0) is 24.1 Å². The fourth-order valence-corrected chi connectivity index (χ4v) is 5.64. The van der Waals surface area contributed by atoms with Gasteiger partial charge in [-0.25, -0.2) is 0 Å². The van der Waals surface area contributed by atoms with Crippen molar-refractivity contribution < 1.29 is 4.79 Å². The Balaban J connectivity index is 1.32. The zero-order chi connectivity index (χ0) is 24.9. The van der Waals surface area contributed by atoms with Gasteiger partial charge in [-0.15, -0.1) is 0 Å². The lowest BCUT2D eigenvalue weighted by Crippen LogP contribution is -2.59. The predicted octanol–water partition coefficient (Wildman–Crippen LogP) is 6.73. The van der Waals surface area contributed by atoms with Crippen LogP contribution in [0, 0.1) is 0 Å². The van der Waals surface area contributed by atoms with E-state index in [-0.39, 0.29) is 18.0 Å². The molecule has 0 radical (unpaired) electrons. The molecule has 1 heterocycles. The van der Waals surface area contributed by atoms with E-state index in [1.165, 1.54) is 21.9 Å². The van der Waals surface area contributed by atoms with E-state index in [1.54, 1.807) is 6.07 Å². The Hall–Kier alpha value is -2.85. The van der Waals surface area contributed by atoms with Gasteiger partial charge in [-0.2, -0.15) is 0 Å². The number of benzene rings is 4. The number of carbonyl (C=O) groups excluding carboxylic acids is 1. The number of fused-ring (bicyclic) bond motifs is 1. The Morgan fingerprint density at radius 1 is 0.833 bits per heavy atom. The van der Waals surface area contributed by atoms with E-state index in [4.69, 9.17) is 23.2 Å². The minimum absolute atomic E-state index is 0.103. The summed E-state index contributed by atoms with van der Waals surface area (Å²) >= 11 is 12.4. The number of rotatable bonds is 7. The minimum Gasteiger partial charge on any atom is -0.337 e. The summed E-state index contributed by atoms with van der Waals surface area (Å²) in [6.45, 7) is 1.47. The first-order valence-electron chi connectivity index (χ1n) is 12.5. The van der Waals surface area contributed by atoms with Gasteiger partial charge in [0.25, 0.3) is 0 Å². The van der Waals surface area contributed by atoms with Crippen LogP contribution in [0.3, 0.4) is 0 Å². The third-order valence-corrected chi connectivity index (χ3v) is 7.64. The highest BCUT2D eigenvalue weighted by Gasteiger charge is 2.31. The number of amides is 1. The van der Waals surface area contributed by atoms with Gasteiger partial charge in [0.2, 0.25) is 5.91 Å². The molecule has 0 aliphatic carbocycles. The second kappa shape index (κ2) is 11.5. The molecule has 1 amide bonds. The van der Waals surface area contributed by atoms with Crippen molar-refractivity contribution in [3.63, 3.8) is 0 Å². The Kier molecular flexibility index (Phi) is 7.91. The van der Waals surface area contributed by atoms with Crippen LogP contribution in [0.1, 0.15) is 23.1 Å². The van der Waals surface area contributed by atoms with E-state index >= 15 is 0 Å². The normalized spacial score (nSPS) is 17.9. The highest BCUT2D eigenvalue weighted by Crippen LogP contribution is 2.24. The summed E-state index contributed by atoms with van der Waals surface area (Å²) in [5.74, 6) is 0.173. The summed E-state index contributed by atoms with van der Waals surface area (Å²) in [6.07, 6.45) is 2.75. The van der Waals surface area contributed by atoms with Gasteiger partial charge in [-0.1, -0.05) is 102 Å². The molecule has 4 aromatic carbocycles. The Labute approximate surface area is 223 Å². The van der Waals surface area contributed by atoms with Crippen LogP contribution in [0.4, 0.5) is 0 Å². The molecule has 5 heteroatoms. The SMILES string of the molecule is O=C(CCc1ccc(Cl)cc1Cl)N1CC(Cc2ccccc2)NCC1Cc1ccc2ccccc2c1. The maximum Gasteiger partial charge on any atom is 0.223 e. The standard InChI is InChI=1S/C31H30Cl2N2O/c32-27-14-12-25(30(33)19-27)13-15-31(36)35-21-28(17-22-6-2-1-3-7-22)34-20-29(35)18-23-10-11-24-8-4-5-9-26(24)16-23/h1-12,14,16,19,28-29,34H,13,15,17-18,20-21H2. The second-order valence-corrected chi connectivity index (χ2v) is 10.5. The molecular weight excluding hydrogens is 487 g/mol. The van der Waals surface area contributed by atoms with Crippen LogP contribution in [0.5, 0.6) is 0 Å². The maximum atomic E-state index is 13.6. The van der Waals surface area contributed by atoms with Crippen LogP contribution in [0.25, 0.3) is 10.8 Å². The summed E-state index contributed by atoms with van der Waals surface area (Å²) in [6, 6.07) is 31.3. The molecule has 2 atom stereocenters. The largest absolute Gasteiger partial charge is 0.337 e. The van der Waals surface area contributed by atoms with Gasteiger partial charge in [-0.05, 0) is 58.9 Å². The molecule has 0 spiro atoms. The highest BCUT2D eigenvalue weighted by molar-refractivity contribution is 6.35. The molecule has 0 saturated carbocycles. The third-order valence-electron chi connectivity index (χ3n) is 7.05. The van der Waals surface area contributed by atoms with Crippen molar-refractivity contribution in [3.8, 4) is 0 Å². The molecule has 36 heavy (non-hydrogen) atoms. The number of nitrogens with one attached hydrogen (secondary N) is 1. The van der Waals surface area contributed by atoms with Crippen molar-refractivity contribution in [1.29, 1.82) is 0 Å². The zero-order valence-corrected chi connectivity index (χ0v) is 21.7. The Morgan fingerprint density at radius 2 is 1.61 bits per heavy atom. The number of hydrogen-bond acceptors (Lipinski definition) is 2. The van der Waals surface area contributed by atoms with Gasteiger partial charge in [0.15, 0.2) is 0 Å². The first kappa shape index (κ1) is 24.8. The molecule has 1 N–H and O–H groups in total. The number of piperazine rings is 1. The maximum absolute atomic E-state index is 13.6. The minimum atomic E-state index is 0.103. The van der Waals surface area contributed by atoms with Crippen LogP contribution in [0.2, 0.25) is 10.0 Å². The summed E-state index contributed by atoms with van der Waals surface area (Å²) in [5.41, 5.74) is 3.49. The number of nitrogens with zero attached hydrogens (tertiary/aromatic N) is 1. The zero-order valence-electron chi connectivity index (χ0n) is 20.2. The van der Waals surface area contributed by atoms with Crippen LogP contribution in [-0.4, -0.2) is 36.0 Å². The first-order valence-corrected chi connectivity index (χ1v) is 13.3. The van der Waals surface area contributed by atoms with E-state index < -0.39 is 0 Å². The van der Waals surface area contributed by atoms with Crippen molar-refractivity contribution >= 4 is 39.9 Å². The average molecular weight is 518 g/mol. The Bertz CT molecular complexity index is 1340. The third kappa shape index (κ3) is 6.10. The number of halogens is 2. The molecule has 4 aromatic rings. The van der Waals surface area contributed by atoms with Gasteiger partial charge >= 0.3 is 0 Å². The summed E-state index contributed by atoms with van der Waals surface area (Å²) in [5, 5.41) is 7.41. The first-order chi connectivity index (χ1) is 17.5. The molecule has 1 fully saturated rings. The summed E-state index contributed by atoms with van der Waals surface area (Å²) in [7, 11) is 0. The number of hydrogen-bond donors (Lipinski definition) is 1. The fraction of sp³-hybridized carbons (Fsp3) is 0.258. The molecule has 1 aliphatic rings. The fourth-order valence-electron chi connectivity index (χ4n) is 5.13. The van der Waals surface area contributed by atoms with Crippen LogP contribution >= 0.6 is 23.2 Å². The predicted molar refractivity (Wildman–Crippen MR) is 150 cm³/mol. The van der Waals surface area contributed by atoms with Crippen LogP contribution < -0.4 is 5.32 Å². The van der Waals surface area contributed by atoms with Gasteiger partial charge in [0.1, 0.15) is 0 Å². The lowest BCUT2D eigenvalue weighted by atomic mass is 9.96. The van der Waals surface area contributed by atoms with E-state index in [0.717, 1.165) is 24.9 Å². The smallest absolute Gasteiger partial charge is 0.223 e. The van der Waals surface area contributed by atoms with Crippen molar-refractivity contribution in [2.24, 2.45) is 0 Å². The molecule has 0 aromatic heterocycles. The molecule has 2 unspecified atom stereocenters. The van der Waals surface area contributed by atoms with E-state index in [2.05, 4.69) is 76.9 Å². The van der Waals surface area contributed by atoms with Gasteiger partial charge in [-0.3, -0.25) is 4.79 Å². The van der Waals surface area contributed by atoms with Gasteiger partial charge in [0, 0.05) is 41.6 Å². The van der Waals surface area contributed by atoms with E-state index in [1.807, 2.05) is 18.2 Å². The quantitative estimate of drug-likeness (QED) is 0.295. The molecular formula is C31H30Cl2N2O. The Morgan fingerprint density at radius 3 is 2.42 bits per heavy atom. The molecule has 3 nitrogen and oxygen atoms in total. The van der Waals surface area contributed by atoms with Crippen molar-refractivity contribution in [2.75, 3.05) is 13.1 Å². The second-order valence-electron chi connectivity index (χ2n) is 9.62. The summed E-state index contributed by atoms with van der Waals surface area (Å²) < 4.78 is 0. The molecule has 5 rings (SSSR count). The number of aryl methyl sites for hydroxylation is 1. The molecule has 184 valence electrons. The lowest BCUT2D eigenvalue weighted by molar-refractivity contribution is -0.135. The van der Waals surface area contributed by atoms with Gasteiger partial charge < -0.3 is 10.2 Å². The molecule has 1 aliphatic heterocycles. The summed E-state index contributed by atoms with van der Waals surface area (Å²) in [4.78, 5) is 15.7.